The Balaban J connectivity index is 0.00000169. The smallest absolute Gasteiger partial charge is 0.0480 e. The standard InChI is InChI=1S/C20H22ClNO.ClH/c21-17-7-5-15(6-8-17)14-1-3-16(4-2-14)19-13-20(19)22-18-9-11-23-12-10-18;/h1-8,18-20,22H,9-13H2;1H/t19-,20+;/m1./s1. The molecule has 2 aromatic rings. The first-order chi connectivity index (χ1) is 11.3. The van der Waals surface area contributed by atoms with Crippen LogP contribution in [0.1, 0.15) is 30.7 Å². The monoisotopic (exact) mass is 363 g/mol. The molecule has 1 aliphatic heterocycles. The minimum atomic E-state index is 0. The van der Waals surface area contributed by atoms with Gasteiger partial charge in [0.1, 0.15) is 0 Å². The fraction of sp³-hybridized carbons (Fsp3) is 0.400. The van der Waals surface area contributed by atoms with Crippen molar-refractivity contribution in [1.82, 2.24) is 5.32 Å². The first-order valence-electron chi connectivity index (χ1n) is 8.49. The maximum Gasteiger partial charge on any atom is 0.0480 e. The Bertz CT molecular complexity index is 650. The lowest BCUT2D eigenvalue weighted by Gasteiger charge is -2.23. The van der Waals surface area contributed by atoms with E-state index in [0.717, 1.165) is 31.1 Å². The topological polar surface area (TPSA) is 21.3 Å². The van der Waals surface area contributed by atoms with Crippen molar-refractivity contribution in [2.75, 3.05) is 13.2 Å². The van der Waals surface area contributed by atoms with Crippen LogP contribution >= 0.6 is 24.0 Å². The van der Waals surface area contributed by atoms with Crippen molar-refractivity contribution in [2.45, 2.75) is 37.3 Å². The van der Waals surface area contributed by atoms with Gasteiger partial charge in [-0.1, -0.05) is 48.0 Å². The highest BCUT2D eigenvalue weighted by Crippen LogP contribution is 2.42. The van der Waals surface area contributed by atoms with E-state index < -0.39 is 0 Å². The Morgan fingerprint density at radius 3 is 2.08 bits per heavy atom. The van der Waals surface area contributed by atoms with Gasteiger partial charge in [0.25, 0.3) is 0 Å². The molecule has 2 fully saturated rings. The molecule has 4 heteroatoms. The zero-order valence-electron chi connectivity index (χ0n) is 13.6. The van der Waals surface area contributed by atoms with Gasteiger partial charge >= 0.3 is 0 Å². The third-order valence-electron chi connectivity index (χ3n) is 4.98. The van der Waals surface area contributed by atoms with Crippen LogP contribution in [0, 0.1) is 0 Å². The van der Waals surface area contributed by atoms with Crippen molar-refractivity contribution >= 4 is 24.0 Å². The summed E-state index contributed by atoms with van der Waals surface area (Å²) in [5, 5.41) is 4.58. The second kappa shape index (κ2) is 7.88. The Morgan fingerprint density at radius 1 is 0.875 bits per heavy atom. The van der Waals surface area contributed by atoms with E-state index in [0.29, 0.717) is 18.0 Å². The van der Waals surface area contributed by atoms with Gasteiger partial charge in [-0.3, -0.25) is 0 Å². The molecular weight excluding hydrogens is 341 g/mol. The number of halogens is 2. The van der Waals surface area contributed by atoms with Crippen LogP contribution in [0.25, 0.3) is 11.1 Å². The molecule has 0 bridgehead atoms. The Kier molecular flexibility index (Phi) is 5.83. The Morgan fingerprint density at radius 2 is 1.46 bits per heavy atom. The molecule has 2 atom stereocenters. The molecule has 1 heterocycles. The summed E-state index contributed by atoms with van der Waals surface area (Å²) >= 11 is 5.96. The molecule has 1 N–H and O–H groups in total. The van der Waals surface area contributed by atoms with E-state index in [9.17, 15) is 0 Å². The molecule has 24 heavy (non-hydrogen) atoms. The molecule has 0 unspecified atom stereocenters. The van der Waals surface area contributed by atoms with E-state index in [2.05, 4.69) is 41.7 Å². The largest absolute Gasteiger partial charge is 0.381 e. The van der Waals surface area contributed by atoms with Gasteiger partial charge in [-0.15, -0.1) is 12.4 Å². The maximum absolute atomic E-state index is 5.96. The molecule has 2 aromatic carbocycles. The summed E-state index contributed by atoms with van der Waals surface area (Å²) in [4.78, 5) is 0. The highest BCUT2D eigenvalue weighted by molar-refractivity contribution is 6.30. The lowest BCUT2D eigenvalue weighted by molar-refractivity contribution is 0.0774. The maximum atomic E-state index is 5.96. The summed E-state index contributed by atoms with van der Waals surface area (Å²) in [7, 11) is 0. The second-order valence-corrected chi connectivity index (χ2v) is 7.07. The summed E-state index contributed by atoms with van der Waals surface area (Å²) in [6.07, 6.45) is 3.56. The van der Waals surface area contributed by atoms with E-state index in [4.69, 9.17) is 16.3 Å². The molecule has 0 aromatic heterocycles. The summed E-state index contributed by atoms with van der Waals surface area (Å²) in [6, 6.07) is 18.3. The predicted molar refractivity (Wildman–Crippen MR) is 102 cm³/mol. The molecule has 1 saturated heterocycles. The Hall–Kier alpha value is -1.06. The van der Waals surface area contributed by atoms with Crippen LogP contribution in [0.15, 0.2) is 48.5 Å². The lowest BCUT2D eigenvalue weighted by Crippen LogP contribution is -2.36. The quantitative estimate of drug-likeness (QED) is 0.819. The van der Waals surface area contributed by atoms with Crippen molar-refractivity contribution in [3.05, 3.63) is 59.1 Å². The van der Waals surface area contributed by atoms with E-state index in [1.165, 1.54) is 23.1 Å². The molecule has 0 spiro atoms. The molecule has 2 nitrogen and oxygen atoms in total. The van der Waals surface area contributed by atoms with Gasteiger partial charge in [0, 0.05) is 36.2 Å². The summed E-state index contributed by atoms with van der Waals surface area (Å²) < 4.78 is 5.43. The first-order valence-corrected chi connectivity index (χ1v) is 8.87. The zero-order chi connectivity index (χ0) is 15.6. The zero-order valence-corrected chi connectivity index (χ0v) is 15.2. The molecule has 2 aliphatic rings. The normalized spacial score (nSPS) is 23.5. The van der Waals surface area contributed by atoms with Crippen LogP contribution in [0.5, 0.6) is 0 Å². The minimum Gasteiger partial charge on any atom is -0.381 e. The number of rotatable bonds is 4. The van der Waals surface area contributed by atoms with Crippen LogP contribution in [0.2, 0.25) is 5.02 Å². The highest BCUT2D eigenvalue weighted by atomic mass is 35.5. The van der Waals surface area contributed by atoms with E-state index >= 15 is 0 Å². The van der Waals surface area contributed by atoms with Gasteiger partial charge in [0.15, 0.2) is 0 Å². The summed E-state index contributed by atoms with van der Waals surface area (Å²) in [6.45, 7) is 1.82. The summed E-state index contributed by atoms with van der Waals surface area (Å²) in [5.74, 6) is 0.678. The van der Waals surface area contributed by atoms with Gasteiger partial charge in [-0.05, 0) is 48.1 Å². The SMILES string of the molecule is Cl.Clc1ccc(-c2ccc([C@H]3C[C@@H]3NC3CCOCC3)cc2)cc1. The lowest BCUT2D eigenvalue weighted by atomic mass is 10.0. The van der Waals surface area contributed by atoms with Crippen molar-refractivity contribution in [2.24, 2.45) is 0 Å². The molecular formula is C20H23Cl2NO. The van der Waals surface area contributed by atoms with Crippen molar-refractivity contribution < 1.29 is 4.74 Å². The van der Waals surface area contributed by atoms with Crippen LogP contribution in [0.4, 0.5) is 0 Å². The highest BCUT2D eigenvalue weighted by Gasteiger charge is 2.39. The third kappa shape index (κ3) is 4.12. The van der Waals surface area contributed by atoms with Crippen LogP contribution in [-0.2, 0) is 4.74 Å². The van der Waals surface area contributed by atoms with Crippen molar-refractivity contribution in [3.63, 3.8) is 0 Å². The second-order valence-electron chi connectivity index (χ2n) is 6.63. The molecule has 0 radical (unpaired) electrons. The average Bonchev–Trinajstić information content (AvgIpc) is 3.36. The molecule has 1 aliphatic carbocycles. The molecule has 0 amide bonds. The fourth-order valence-electron chi connectivity index (χ4n) is 3.48. The van der Waals surface area contributed by atoms with E-state index in [-0.39, 0.29) is 12.4 Å². The number of nitrogens with one attached hydrogen (secondary N) is 1. The number of ether oxygens (including phenoxy) is 1. The fourth-order valence-corrected chi connectivity index (χ4v) is 3.61. The van der Waals surface area contributed by atoms with E-state index in [1.54, 1.807) is 0 Å². The van der Waals surface area contributed by atoms with Crippen LogP contribution < -0.4 is 5.32 Å². The summed E-state index contributed by atoms with van der Waals surface area (Å²) in [5.41, 5.74) is 3.92. The number of benzene rings is 2. The minimum absolute atomic E-state index is 0. The van der Waals surface area contributed by atoms with Gasteiger partial charge in [0.2, 0.25) is 0 Å². The first kappa shape index (κ1) is 17.8. The van der Waals surface area contributed by atoms with Gasteiger partial charge in [0.05, 0.1) is 0 Å². The molecule has 128 valence electrons. The van der Waals surface area contributed by atoms with Gasteiger partial charge < -0.3 is 10.1 Å². The van der Waals surface area contributed by atoms with Gasteiger partial charge in [-0.25, -0.2) is 0 Å². The predicted octanol–water partition coefficient (Wildman–Crippen LogP) is 5.05. The van der Waals surface area contributed by atoms with Crippen molar-refractivity contribution in [1.29, 1.82) is 0 Å². The van der Waals surface area contributed by atoms with Gasteiger partial charge in [-0.2, -0.15) is 0 Å². The van der Waals surface area contributed by atoms with Crippen LogP contribution in [0.3, 0.4) is 0 Å². The van der Waals surface area contributed by atoms with Crippen molar-refractivity contribution in [3.8, 4) is 11.1 Å². The third-order valence-corrected chi connectivity index (χ3v) is 5.23. The number of hydrogen-bond donors (Lipinski definition) is 1. The van der Waals surface area contributed by atoms with Crippen LogP contribution in [-0.4, -0.2) is 25.3 Å². The Labute approximate surface area is 155 Å². The average molecular weight is 364 g/mol. The number of hydrogen-bond acceptors (Lipinski definition) is 2. The molecule has 1 saturated carbocycles. The van der Waals surface area contributed by atoms with E-state index in [1.807, 2.05) is 12.1 Å². The molecule has 4 rings (SSSR count).